The van der Waals surface area contributed by atoms with E-state index in [2.05, 4.69) is 14.7 Å². The van der Waals surface area contributed by atoms with Crippen molar-refractivity contribution >= 4 is 15.7 Å². The third-order valence-corrected chi connectivity index (χ3v) is 4.39. The number of imidazole rings is 1. The smallest absolute Gasteiger partial charge is 0.243 e. The van der Waals surface area contributed by atoms with E-state index in [0.29, 0.717) is 12.2 Å². The molecule has 4 N–H and O–H groups in total. The molecule has 1 heterocycles. The van der Waals surface area contributed by atoms with Crippen LogP contribution in [0.25, 0.3) is 0 Å². The fourth-order valence-electron chi connectivity index (χ4n) is 1.80. The first-order valence-corrected chi connectivity index (χ1v) is 7.49. The number of rotatable bonds is 5. The van der Waals surface area contributed by atoms with Gasteiger partial charge in [-0.3, -0.25) is 0 Å². The number of H-pyrrole nitrogens is 1. The Morgan fingerprint density at radius 2 is 2.25 bits per heavy atom. The van der Waals surface area contributed by atoms with Gasteiger partial charge < -0.3 is 10.7 Å². The molecule has 0 fully saturated rings. The molecule has 0 radical (unpaired) electrons. The number of nitrogen functional groups attached to an aromatic ring is 1. The number of nitrogens with two attached hydrogens (primary N) is 1. The summed E-state index contributed by atoms with van der Waals surface area (Å²) in [6.07, 6.45) is 3.62. The normalized spacial score (nSPS) is 13.3. The van der Waals surface area contributed by atoms with Crippen LogP contribution in [0.2, 0.25) is 0 Å². The van der Waals surface area contributed by atoms with Crippen molar-refractivity contribution in [2.45, 2.75) is 24.3 Å². The molecule has 20 heavy (non-hydrogen) atoms. The quantitative estimate of drug-likeness (QED) is 0.729. The summed E-state index contributed by atoms with van der Waals surface area (Å²) in [7, 11) is -3.93. The number of aromatic nitrogens is 2. The minimum absolute atomic E-state index is 0.275. The molecule has 0 aliphatic rings. The number of nitrogens with zero attached hydrogens (tertiary/aromatic N) is 1. The zero-order valence-corrected chi connectivity index (χ0v) is 11.6. The number of benzene rings is 1. The highest BCUT2D eigenvalue weighted by atomic mass is 32.2. The van der Waals surface area contributed by atoms with Crippen LogP contribution in [-0.4, -0.2) is 18.4 Å². The third kappa shape index (κ3) is 2.81. The van der Waals surface area contributed by atoms with E-state index in [1.807, 2.05) is 6.92 Å². The van der Waals surface area contributed by atoms with E-state index in [-0.39, 0.29) is 4.90 Å². The number of para-hydroxylation sites is 1. The summed E-state index contributed by atoms with van der Waals surface area (Å²) in [4.78, 5) is 6.59. The molecular formula is C12H15FN4O2S. The van der Waals surface area contributed by atoms with Crippen molar-refractivity contribution in [3.63, 3.8) is 0 Å². The van der Waals surface area contributed by atoms with Crippen LogP contribution >= 0.6 is 0 Å². The Kier molecular flexibility index (Phi) is 4.05. The molecule has 2 rings (SSSR count). The van der Waals surface area contributed by atoms with Gasteiger partial charge in [0.15, 0.2) is 0 Å². The molecule has 1 aromatic carbocycles. The predicted octanol–water partition coefficient (Wildman–Crippen LogP) is 1.56. The van der Waals surface area contributed by atoms with Crippen LogP contribution in [0.15, 0.2) is 35.5 Å². The molecule has 2 aromatic rings. The van der Waals surface area contributed by atoms with Crippen molar-refractivity contribution in [1.29, 1.82) is 0 Å². The number of sulfonamides is 1. The second kappa shape index (κ2) is 5.59. The van der Waals surface area contributed by atoms with Crippen molar-refractivity contribution < 1.29 is 12.8 Å². The largest absolute Gasteiger partial charge is 0.395 e. The van der Waals surface area contributed by atoms with Crippen molar-refractivity contribution in [3.05, 3.63) is 42.2 Å². The topological polar surface area (TPSA) is 101 Å². The van der Waals surface area contributed by atoms with Crippen molar-refractivity contribution in [3.8, 4) is 0 Å². The van der Waals surface area contributed by atoms with Gasteiger partial charge in [0.25, 0.3) is 0 Å². The molecular weight excluding hydrogens is 283 g/mol. The number of hydrogen-bond donors (Lipinski definition) is 3. The van der Waals surface area contributed by atoms with E-state index in [1.165, 1.54) is 18.3 Å². The summed E-state index contributed by atoms with van der Waals surface area (Å²) >= 11 is 0. The highest BCUT2D eigenvalue weighted by Crippen LogP contribution is 2.23. The van der Waals surface area contributed by atoms with Gasteiger partial charge in [0.2, 0.25) is 10.0 Å². The highest BCUT2D eigenvalue weighted by molar-refractivity contribution is 7.89. The molecule has 8 heteroatoms. The Bertz CT molecular complexity index is 685. The summed E-state index contributed by atoms with van der Waals surface area (Å²) in [5.41, 5.74) is 5.09. The summed E-state index contributed by atoms with van der Waals surface area (Å²) in [6.45, 7) is 1.81. The Labute approximate surface area is 116 Å². The molecule has 0 saturated carbocycles. The Hall–Kier alpha value is -1.93. The van der Waals surface area contributed by atoms with Crippen LogP contribution in [0.3, 0.4) is 0 Å². The lowest BCUT2D eigenvalue weighted by Crippen LogP contribution is -2.29. The summed E-state index contributed by atoms with van der Waals surface area (Å²) in [5, 5.41) is 0. The van der Waals surface area contributed by atoms with Gasteiger partial charge in [-0.2, -0.15) is 0 Å². The molecule has 108 valence electrons. The summed E-state index contributed by atoms with van der Waals surface area (Å²) < 4.78 is 40.4. The van der Waals surface area contributed by atoms with Crippen LogP contribution < -0.4 is 10.5 Å². The first-order chi connectivity index (χ1) is 9.45. The van der Waals surface area contributed by atoms with Gasteiger partial charge in [0.05, 0.1) is 11.7 Å². The molecule has 0 saturated heterocycles. The van der Waals surface area contributed by atoms with Gasteiger partial charge in [-0.15, -0.1) is 0 Å². The zero-order chi connectivity index (χ0) is 14.8. The van der Waals surface area contributed by atoms with E-state index in [9.17, 15) is 12.8 Å². The van der Waals surface area contributed by atoms with Crippen LogP contribution in [0.4, 0.5) is 10.1 Å². The molecule has 0 bridgehead atoms. The van der Waals surface area contributed by atoms with Gasteiger partial charge >= 0.3 is 0 Å². The maximum absolute atomic E-state index is 13.4. The van der Waals surface area contributed by atoms with Crippen LogP contribution in [-0.2, 0) is 10.0 Å². The summed E-state index contributed by atoms with van der Waals surface area (Å²) in [5.74, 6) is -0.273. The average Bonchev–Trinajstić information content (AvgIpc) is 2.93. The predicted molar refractivity (Wildman–Crippen MR) is 72.8 cm³/mol. The molecule has 0 aliphatic heterocycles. The fraction of sp³-hybridized carbons (Fsp3) is 0.250. The molecule has 1 atom stereocenters. The number of anilines is 1. The van der Waals surface area contributed by atoms with Crippen LogP contribution in [0.1, 0.15) is 25.2 Å². The first-order valence-electron chi connectivity index (χ1n) is 6.01. The average molecular weight is 298 g/mol. The highest BCUT2D eigenvalue weighted by Gasteiger charge is 2.24. The lowest BCUT2D eigenvalue weighted by molar-refractivity contribution is 0.538. The van der Waals surface area contributed by atoms with Gasteiger partial charge in [-0.05, 0) is 18.6 Å². The van der Waals surface area contributed by atoms with Crippen LogP contribution in [0, 0.1) is 5.82 Å². The van der Waals surface area contributed by atoms with Crippen molar-refractivity contribution in [2.24, 2.45) is 0 Å². The monoisotopic (exact) mass is 298 g/mol. The lowest BCUT2D eigenvalue weighted by Gasteiger charge is -2.16. The van der Waals surface area contributed by atoms with Crippen LogP contribution in [0.5, 0.6) is 0 Å². The SMILES string of the molecule is CCC(NS(=O)(=O)c1cccc(F)c1N)c1ncc[nH]1. The molecule has 1 unspecified atom stereocenters. The van der Waals surface area contributed by atoms with Crippen molar-refractivity contribution in [2.75, 3.05) is 5.73 Å². The Balaban J connectivity index is 2.33. The summed E-state index contributed by atoms with van der Waals surface area (Å²) in [6, 6.07) is 3.14. The minimum Gasteiger partial charge on any atom is -0.395 e. The molecule has 0 amide bonds. The Morgan fingerprint density at radius 3 is 2.85 bits per heavy atom. The first kappa shape index (κ1) is 14.5. The molecule has 1 aromatic heterocycles. The number of aromatic amines is 1. The van der Waals surface area contributed by atoms with Gasteiger partial charge in [0.1, 0.15) is 16.5 Å². The second-order valence-electron chi connectivity index (χ2n) is 4.21. The van der Waals surface area contributed by atoms with E-state index in [1.54, 1.807) is 6.20 Å². The van der Waals surface area contributed by atoms with Gasteiger partial charge in [-0.25, -0.2) is 22.5 Å². The lowest BCUT2D eigenvalue weighted by atomic mass is 10.2. The number of hydrogen-bond acceptors (Lipinski definition) is 4. The molecule has 0 spiro atoms. The fourth-order valence-corrected chi connectivity index (χ4v) is 3.23. The minimum atomic E-state index is -3.93. The number of nitrogens with one attached hydrogen (secondary N) is 2. The number of halogens is 1. The van der Waals surface area contributed by atoms with Gasteiger partial charge in [0, 0.05) is 12.4 Å². The zero-order valence-electron chi connectivity index (χ0n) is 10.8. The van der Waals surface area contributed by atoms with E-state index in [0.717, 1.165) is 6.07 Å². The maximum atomic E-state index is 13.4. The van der Waals surface area contributed by atoms with E-state index < -0.39 is 27.6 Å². The van der Waals surface area contributed by atoms with Gasteiger partial charge in [-0.1, -0.05) is 13.0 Å². The Morgan fingerprint density at radius 1 is 1.50 bits per heavy atom. The second-order valence-corrected chi connectivity index (χ2v) is 5.89. The standard InChI is InChI=1S/C12H15FN4O2S/c1-2-9(12-15-6-7-16-12)17-20(18,19)10-5-3-4-8(13)11(10)14/h3-7,9,17H,2,14H2,1H3,(H,15,16). The molecule has 0 aliphatic carbocycles. The maximum Gasteiger partial charge on any atom is 0.243 e. The third-order valence-electron chi connectivity index (χ3n) is 2.86. The van der Waals surface area contributed by atoms with Crippen molar-refractivity contribution in [1.82, 2.24) is 14.7 Å². The van der Waals surface area contributed by atoms with E-state index >= 15 is 0 Å². The molecule has 6 nitrogen and oxygen atoms in total. The van der Waals surface area contributed by atoms with E-state index in [4.69, 9.17) is 5.73 Å².